The number of amides is 1. The van der Waals surface area contributed by atoms with E-state index in [1.807, 2.05) is 47.4 Å². The minimum Gasteiger partial charge on any atom is -0.353 e. The van der Waals surface area contributed by atoms with E-state index in [0.29, 0.717) is 23.8 Å². The van der Waals surface area contributed by atoms with Crippen LogP contribution in [0.15, 0.2) is 54.7 Å². The second-order valence-electron chi connectivity index (χ2n) is 6.14. The van der Waals surface area contributed by atoms with E-state index < -0.39 is 0 Å². The number of pyridine rings is 1. The number of nitrogens with one attached hydrogen (secondary N) is 1. The fourth-order valence-corrected chi connectivity index (χ4v) is 3.18. The van der Waals surface area contributed by atoms with Crippen LogP contribution in [0.25, 0.3) is 11.3 Å². The molecule has 2 aromatic heterocycles. The van der Waals surface area contributed by atoms with E-state index in [4.69, 9.17) is 11.6 Å². The van der Waals surface area contributed by atoms with Crippen LogP contribution < -0.4 is 4.90 Å². The minimum absolute atomic E-state index is 0.0293. The van der Waals surface area contributed by atoms with Gasteiger partial charge in [0.05, 0.1) is 5.69 Å². The molecule has 1 fully saturated rings. The van der Waals surface area contributed by atoms with Crippen LogP contribution in [0.3, 0.4) is 0 Å². The standard InChI is InChI=1S/C19H18ClN5O/c20-15-6-4-14(5-7-15)16-13-17(23-22-16)19(26)25-11-9-24(10-12-25)18-3-1-2-8-21-18/h1-8,13H,9-12H2,(H,22,23). The summed E-state index contributed by atoms with van der Waals surface area (Å²) in [7, 11) is 0. The van der Waals surface area contributed by atoms with Crippen LogP contribution in [-0.4, -0.2) is 52.2 Å². The van der Waals surface area contributed by atoms with Crippen molar-refractivity contribution in [3.8, 4) is 11.3 Å². The van der Waals surface area contributed by atoms with Crippen LogP contribution in [0.4, 0.5) is 5.82 Å². The van der Waals surface area contributed by atoms with Gasteiger partial charge in [-0.05, 0) is 30.3 Å². The predicted molar refractivity (Wildman–Crippen MR) is 101 cm³/mol. The van der Waals surface area contributed by atoms with Gasteiger partial charge in [0.1, 0.15) is 11.5 Å². The van der Waals surface area contributed by atoms with Crippen molar-refractivity contribution in [2.24, 2.45) is 0 Å². The molecule has 1 saturated heterocycles. The molecule has 1 aromatic carbocycles. The average molecular weight is 368 g/mol. The number of hydrogen-bond acceptors (Lipinski definition) is 4. The molecule has 0 atom stereocenters. The molecule has 6 nitrogen and oxygen atoms in total. The number of H-pyrrole nitrogens is 1. The van der Waals surface area contributed by atoms with E-state index in [1.165, 1.54) is 0 Å². The zero-order chi connectivity index (χ0) is 17.9. The number of carbonyl (C=O) groups is 1. The zero-order valence-electron chi connectivity index (χ0n) is 14.1. The molecule has 0 unspecified atom stereocenters. The quantitative estimate of drug-likeness (QED) is 0.772. The smallest absolute Gasteiger partial charge is 0.272 e. The Morgan fingerprint density at radius 3 is 2.50 bits per heavy atom. The van der Waals surface area contributed by atoms with Crippen LogP contribution in [0, 0.1) is 0 Å². The third-order valence-electron chi connectivity index (χ3n) is 4.49. The molecular weight excluding hydrogens is 350 g/mol. The fraction of sp³-hybridized carbons (Fsp3) is 0.211. The molecule has 26 heavy (non-hydrogen) atoms. The monoisotopic (exact) mass is 367 g/mol. The number of halogens is 1. The first-order valence-electron chi connectivity index (χ1n) is 8.47. The predicted octanol–water partition coefficient (Wildman–Crippen LogP) is 3.09. The van der Waals surface area contributed by atoms with Gasteiger partial charge in [-0.2, -0.15) is 5.10 Å². The Bertz CT molecular complexity index is 886. The minimum atomic E-state index is -0.0293. The zero-order valence-corrected chi connectivity index (χ0v) is 14.9. The lowest BCUT2D eigenvalue weighted by Gasteiger charge is -2.35. The van der Waals surface area contributed by atoms with Crippen molar-refractivity contribution in [2.75, 3.05) is 31.1 Å². The summed E-state index contributed by atoms with van der Waals surface area (Å²) in [5, 5.41) is 7.79. The number of aromatic amines is 1. The van der Waals surface area contributed by atoms with E-state index in [9.17, 15) is 4.79 Å². The maximum Gasteiger partial charge on any atom is 0.272 e. The van der Waals surface area contributed by atoms with Gasteiger partial charge in [0.15, 0.2) is 0 Å². The van der Waals surface area contributed by atoms with E-state index >= 15 is 0 Å². The van der Waals surface area contributed by atoms with E-state index in [2.05, 4.69) is 20.1 Å². The maximum absolute atomic E-state index is 12.7. The Morgan fingerprint density at radius 2 is 1.81 bits per heavy atom. The highest BCUT2D eigenvalue weighted by molar-refractivity contribution is 6.30. The molecule has 0 aliphatic carbocycles. The van der Waals surface area contributed by atoms with E-state index in [-0.39, 0.29) is 5.91 Å². The van der Waals surface area contributed by atoms with Gasteiger partial charge in [0, 0.05) is 43.0 Å². The lowest BCUT2D eigenvalue weighted by atomic mass is 10.1. The molecular formula is C19H18ClN5O. The number of anilines is 1. The maximum atomic E-state index is 12.7. The van der Waals surface area contributed by atoms with Gasteiger partial charge in [-0.15, -0.1) is 0 Å². The molecule has 1 N–H and O–H groups in total. The Balaban J connectivity index is 1.42. The topological polar surface area (TPSA) is 65.1 Å². The third-order valence-corrected chi connectivity index (χ3v) is 4.74. The van der Waals surface area contributed by atoms with Gasteiger partial charge in [-0.25, -0.2) is 4.98 Å². The molecule has 0 spiro atoms. The summed E-state index contributed by atoms with van der Waals surface area (Å²) in [6.07, 6.45) is 1.79. The van der Waals surface area contributed by atoms with Crippen LogP contribution in [0.5, 0.6) is 0 Å². The third kappa shape index (κ3) is 3.41. The first-order valence-corrected chi connectivity index (χ1v) is 8.85. The summed E-state index contributed by atoms with van der Waals surface area (Å²) >= 11 is 5.91. The van der Waals surface area contributed by atoms with Gasteiger partial charge in [-0.3, -0.25) is 9.89 Å². The van der Waals surface area contributed by atoms with Crippen molar-refractivity contribution in [3.05, 3.63) is 65.4 Å². The Morgan fingerprint density at radius 1 is 1.04 bits per heavy atom. The number of piperazine rings is 1. The average Bonchev–Trinajstić information content (AvgIpc) is 3.19. The van der Waals surface area contributed by atoms with Crippen molar-refractivity contribution < 1.29 is 4.79 Å². The molecule has 7 heteroatoms. The fourth-order valence-electron chi connectivity index (χ4n) is 3.05. The Hall–Kier alpha value is -2.86. The van der Waals surface area contributed by atoms with Crippen LogP contribution in [-0.2, 0) is 0 Å². The highest BCUT2D eigenvalue weighted by Gasteiger charge is 2.24. The number of nitrogens with zero attached hydrogens (tertiary/aromatic N) is 4. The number of rotatable bonds is 3. The summed E-state index contributed by atoms with van der Waals surface area (Å²) < 4.78 is 0. The first-order chi connectivity index (χ1) is 12.7. The van der Waals surface area contributed by atoms with Crippen molar-refractivity contribution >= 4 is 23.3 Å². The summed E-state index contributed by atoms with van der Waals surface area (Å²) in [5.74, 6) is 0.921. The van der Waals surface area contributed by atoms with E-state index in [0.717, 1.165) is 30.2 Å². The molecule has 0 radical (unpaired) electrons. The van der Waals surface area contributed by atoms with Gasteiger partial charge >= 0.3 is 0 Å². The SMILES string of the molecule is O=C(c1cc(-c2ccc(Cl)cc2)n[nH]1)N1CCN(c2ccccn2)CC1. The number of hydrogen-bond donors (Lipinski definition) is 1. The highest BCUT2D eigenvalue weighted by Crippen LogP contribution is 2.21. The Kier molecular flexibility index (Phi) is 4.58. The van der Waals surface area contributed by atoms with Crippen LogP contribution in [0.1, 0.15) is 10.5 Å². The molecule has 0 bridgehead atoms. The number of aromatic nitrogens is 3. The summed E-state index contributed by atoms with van der Waals surface area (Å²) in [6, 6.07) is 15.1. The number of benzene rings is 1. The van der Waals surface area contributed by atoms with Gasteiger partial charge < -0.3 is 9.80 Å². The molecule has 0 saturated carbocycles. The highest BCUT2D eigenvalue weighted by atomic mass is 35.5. The van der Waals surface area contributed by atoms with E-state index in [1.54, 1.807) is 12.3 Å². The van der Waals surface area contributed by atoms with Crippen LogP contribution in [0.2, 0.25) is 5.02 Å². The first kappa shape index (κ1) is 16.6. The summed E-state index contributed by atoms with van der Waals surface area (Å²) in [6.45, 7) is 2.84. The van der Waals surface area contributed by atoms with Crippen LogP contribution >= 0.6 is 11.6 Å². The number of carbonyl (C=O) groups excluding carboxylic acids is 1. The molecule has 3 aromatic rings. The molecule has 132 valence electrons. The lowest BCUT2D eigenvalue weighted by Crippen LogP contribution is -2.49. The van der Waals surface area contributed by atoms with Gasteiger partial charge in [0.25, 0.3) is 5.91 Å². The summed E-state index contributed by atoms with van der Waals surface area (Å²) in [4.78, 5) is 21.1. The Labute approximate surface area is 156 Å². The largest absolute Gasteiger partial charge is 0.353 e. The van der Waals surface area contributed by atoms with Crippen molar-refractivity contribution in [3.63, 3.8) is 0 Å². The van der Waals surface area contributed by atoms with Gasteiger partial charge in [0.2, 0.25) is 0 Å². The van der Waals surface area contributed by atoms with Crippen molar-refractivity contribution in [1.29, 1.82) is 0 Å². The molecule has 1 aliphatic rings. The lowest BCUT2D eigenvalue weighted by molar-refractivity contribution is 0.0740. The summed E-state index contributed by atoms with van der Waals surface area (Å²) in [5.41, 5.74) is 2.16. The normalized spacial score (nSPS) is 14.5. The van der Waals surface area contributed by atoms with Crippen molar-refractivity contribution in [1.82, 2.24) is 20.1 Å². The van der Waals surface area contributed by atoms with Gasteiger partial charge in [-0.1, -0.05) is 29.8 Å². The molecule has 3 heterocycles. The molecule has 1 amide bonds. The second kappa shape index (κ2) is 7.17. The molecule has 1 aliphatic heterocycles. The van der Waals surface area contributed by atoms with Crippen molar-refractivity contribution in [2.45, 2.75) is 0 Å². The second-order valence-corrected chi connectivity index (χ2v) is 6.58. The molecule has 4 rings (SSSR count).